The van der Waals surface area contributed by atoms with Gasteiger partial charge in [0.25, 0.3) is 0 Å². The molecule has 0 atom stereocenters. The Morgan fingerprint density at radius 2 is 0.915 bits per heavy atom. The second kappa shape index (κ2) is 32.6. The van der Waals surface area contributed by atoms with E-state index in [0.29, 0.717) is 105 Å². The van der Waals surface area contributed by atoms with Crippen LogP contribution < -0.4 is 5.32 Å². The third-order valence-corrected chi connectivity index (χ3v) is 7.34. The highest BCUT2D eigenvalue weighted by molar-refractivity contribution is 6.32. The Balaban J connectivity index is 1.27. The van der Waals surface area contributed by atoms with E-state index in [1.165, 1.54) is 18.2 Å². The molecule has 2 rings (SSSR count). The summed E-state index contributed by atoms with van der Waals surface area (Å²) in [6.07, 6.45) is -5.18. The summed E-state index contributed by atoms with van der Waals surface area (Å²) in [5, 5.41) is 11.3. The molecule has 2 N–H and O–H groups in total. The van der Waals surface area contributed by atoms with E-state index in [2.05, 4.69) is 5.32 Å². The number of nitrogens with one attached hydrogen (secondary N) is 1. The maximum atomic E-state index is 13.1. The number of aliphatic carboxylic acids is 1. The third kappa shape index (κ3) is 26.5. The second-order valence-corrected chi connectivity index (χ2v) is 11.8. The molecule has 0 saturated heterocycles. The molecule has 0 aliphatic rings. The van der Waals surface area contributed by atoms with Gasteiger partial charge in [-0.1, -0.05) is 18.2 Å². The summed E-state index contributed by atoms with van der Waals surface area (Å²) >= 11 is 0. The van der Waals surface area contributed by atoms with Gasteiger partial charge in [0.1, 0.15) is 13.2 Å². The van der Waals surface area contributed by atoms with Gasteiger partial charge in [0, 0.05) is 12.1 Å². The molecule has 0 unspecified atom stereocenters. The number of carbonyl (C=O) groups excluding carboxylic acids is 3. The fourth-order valence-corrected chi connectivity index (χ4v) is 4.44. The van der Waals surface area contributed by atoms with Crippen molar-refractivity contribution >= 4 is 35.1 Å². The fourth-order valence-electron chi connectivity index (χ4n) is 4.44. The predicted octanol–water partition coefficient (Wildman–Crippen LogP) is 3.73. The number of carboxylic acids is 1. The van der Waals surface area contributed by atoms with Crippen molar-refractivity contribution in [3.8, 4) is 0 Å². The fraction of sp³-hybridized carbons (Fsp3) is 0.590. The van der Waals surface area contributed by atoms with E-state index in [-0.39, 0.29) is 50.7 Å². The summed E-state index contributed by atoms with van der Waals surface area (Å²) in [5.74, 6) is -3.92. The molecular formula is C39H54F3NO16. The van der Waals surface area contributed by atoms with Crippen LogP contribution in [0.15, 0.2) is 48.5 Å². The number of anilines is 2. The lowest BCUT2D eigenvalue weighted by Gasteiger charge is -2.13. The zero-order valence-electron chi connectivity index (χ0n) is 32.9. The summed E-state index contributed by atoms with van der Waals surface area (Å²) in [6, 6.07) is 11.1. The standard InChI is InChI=1S/C39H54F3NO16/c40-39(41,42)31-4-3-5-32(30-31)43-34-7-2-1-6-33(34)38(48)59-29-27-57-25-23-55-21-19-53-17-15-51-13-11-49-10-12-50-14-16-52-18-20-54-22-24-56-26-28-58-36(45)9-8-35(44)37(46)47/h1-7,30,43H,8-29H2,(H,46,47). The Labute approximate surface area is 340 Å². The Kier molecular flexibility index (Phi) is 28.1. The molecule has 0 bridgehead atoms. The highest BCUT2D eigenvalue weighted by atomic mass is 19.4. The van der Waals surface area contributed by atoms with E-state index in [1.807, 2.05) is 0 Å². The molecular weight excluding hydrogens is 795 g/mol. The molecule has 0 aliphatic carbocycles. The predicted molar refractivity (Wildman–Crippen MR) is 202 cm³/mol. The van der Waals surface area contributed by atoms with Crippen LogP contribution in [-0.2, 0) is 72.7 Å². The molecule has 0 spiro atoms. The van der Waals surface area contributed by atoms with Gasteiger partial charge >= 0.3 is 24.1 Å². The van der Waals surface area contributed by atoms with Gasteiger partial charge in [-0.2, -0.15) is 13.2 Å². The van der Waals surface area contributed by atoms with Gasteiger partial charge in [0.2, 0.25) is 5.78 Å². The van der Waals surface area contributed by atoms with Crippen molar-refractivity contribution in [1.82, 2.24) is 0 Å². The van der Waals surface area contributed by atoms with Crippen LogP contribution in [0, 0.1) is 0 Å². The SMILES string of the molecule is O=C(CCC(=O)C(=O)O)OCCOCCOCCOCCOCCOCCOCCOCCOCCOCCOC(=O)c1ccccc1Nc1cccc(C(F)(F)F)c1. The molecule has 0 aliphatic heterocycles. The Morgan fingerprint density at radius 3 is 1.34 bits per heavy atom. The van der Waals surface area contributed by atoms with Crippen LogP contribution >= 0.6 is 0 Å². The molecule has 0 heterocycles. The summed E-state index contributed by atoms with van der Waals surface area (Å²) in [5.41, 5.74) is -0.139. The summed E-state index contributed by atoms with van der Waals surface area (Å²) in [4.78, 5) is 45.3. The number of alkyl halides is 3. The average molecular weight is 850 g/mol. The third-order valence-electron chi connectivity index (χ3n) is 7.34. The molecule has 0 radical (unpaired) electrons. The first kappa shape index (κ1) is 50.9. The van der Waals surface area contributed by atoms with Crippen LogP contribution in [0.3, 0.4) is 0 Å². The van der Waals surface area contributed by atoms with Crippen LogP contribution in [-0.4, -0.2) is 161 Å². The monoisotopic (exact) mass is 849 g/mol. The number of halogens is 3. The van der Waals surface area contributed by atoms with Crippen LogP contribution in [0.2, 0.25) is 0 Å². The Hall–Kier alpha value is -4.25. The smallest absolute Gasteiger partial charge is 0.416 e. The molecule has 2 aromatic carbocycles. The van der Waals surface area contributed by atoms with Crippen molar-refractivity contribution < 1.29 is 89.6 Å². The first-order valence-electron chi connectivity index (χ1n) is 18.9. The van der Waals surface area contributed by atoms with Gasteiger partial charge in [-0.05, 0) is 30.3 Å². The number of hydrogen-bond donors (Lipinski definition) is 2. The molecule has 20 heteroatoms. The lowest BCUT2D eigenvalue weighted by molar-refractivity contribution is -0.151. The normalized spacial score (nSPS) is 11.4. The summed E-state index contributed by atoms with van der Waals surface area (Å²) in [6.45, 7) is 6.26. The van der Waals surface area contributed by atoms with Crippen LogP contribution in [0.4, 0.5) is 24.5 Å². The quantitative estimate of drug-likeness (QED) is 0.0565. The Morgan fingerprint density at radius 1 is 0.508 bits per heavy atom. The lowest BCUT2D eigenvalue weighted by atomic mass is 10.1. The molecule has 17 nitrogen and oxygen atoms in total. The van der Waals surface area contributed by atoms with E-state index >= 15 is 0 Å². The minimum Gasteiger partial charge on any atom is -0.476 e. The minimum absolute atomic E-state index is 0.00603. The maximum Gasteiger partial charge on any atom is 0.416 e. The molecule has 59 heavy (non-hydrogen) atoms. The second-order valence-electron chi connectivity index (χ2n) is 11.8. The Bertz CT molecular complexity index is 1470. The molecule has 2 aromatic rings. The van der Waals surface area contributed by atoms with Crippen molar-refractivity contribution in [2.24, 2.45) is 0 Å². The summed E-state index contributed by atoms with van der Waals surface area (Å²) < 4.78 is 97.9. The summed E-state index contributed by atoms with van der Waals surface area (Å²) in [7, 11) is 0. The highest BCUT2D eigenvalue weighted by Gasteiger charge is 2.30. The highest BCUT2D eigenvalue weighted by Crippen LogP contribution is 2.32. The first-order chi connectivity index (χ1) is 28.6. The van der Waals surface area contributed by atoms with Crippen molar-refractivity contribution in [2.45, 2.75) is 19.0 Å². The van der Waals surface area contributed by atoms with Crippen molar-refractivity contribution in [3.05, 3.63) is 59.7 Å². The van der Waals surface area contributed by atoms with E-state index in [9.17, 15) is 32.3 Å². The average Bonchev–Trinajstić information content (AvgIpc) is 3.21. The van der Waals surface area contributed by atoms with Crippen molar-refractivity contribution in [3.63, 3.8) is 0 Å². The topological polar surface area (TPSA) is 202 Å². The minimum atomic E-state index is -4.49. The molecule has 0 amide bonds. The lowest BCUT2D eigenvalue weighted by Crippen LogP contribution is -2.17. The number of ether oxygens (including phenoxy) is 11. The van der Waals surface area contributed by atoms with E-state index < -0.39 is 41.9 Å². The van der Waals surface area contributed by atoms with Crippen LogP contribution in [0.25, 0.3) is 0 Å². The maximum absolute atomic E-state index is 13.1. The molecule has 332 valence electrons. The van der Waals surface area contributed by atoms with Crippen molar-refractivity contribution in [2.75, 3.05) is 137 Å². The number of carbonyl (C=O) groups is 4. The molecule has 0 aromatic heterocycles. The number of esters is 2. The van der Waals surface area contributed by atoms with Gasteiger partial charge < -0.3 is 62.5 Å². The number of para-hydroxylation sites is 1. The number of ketones is 1. The molecule has 0 saturated carbocycles. The number of Topliss-reactive ketones (excluding diaryl/α,β-unsaturated/α-hetero) is 1. The van der Waals surface area contributed by atoms with Gasteiger partial charge in [0.05, 0.1) is 142 Å². The van der Waals surface area contributed by atoms with Gasteiger partial charge in [-0.15, -0.1) is 0 Å². The van der Waals surface area contributed by atoms with Crippen molar-refractivity contribution in [1.29, 1.82) is 0 Å². The zero-order chi connectivity index (χ0) is 42.8. The van der Waals surface area contributed by atoms with Crippen LogP contribution in [0.1, 0.15) is 28.8 Å². The van der Waals surface area contributed by atoms with E-state index in [1.54, 1.807) is 18.2 Å². The van der Waals surface area contributed by atoms with Gasteiger partial charge in [0.15, 0.2) is 0 Å². The van der Waals surface area contributed by atoms with E-state index in [0.717, 1.165) is 12.1 Å². The largest absolute Gasteiger partial charge is 0.476 e. The number of rotatable bonds is 37. The van der Waals surface area contributed by atoms with Gasteiger partial charge in [-0.3, -0.25) is 9.59 Å². The van der Waals surface area contributed by atoms with Crippen LogP contribution in [0.5, 0.6) is 0 Å². The number of benzene rings is 2. The number of hydrogen-bond acceptors (Lipinski definition) is 16. The zero-order valence-corrected chi connectivity index (χ0v) is 32.9. The van der Waals surface area contributed by atoms with E-state index in [4.69, 9.17) is 57.2 Å². The first-order valence-corrected chi connectivity index (χ1v) is 18.9. The van der Waals surface area contributed by atoms with Gasteiger partial charge in [-0.25, -0.2) is 9.59 Å². The number of carboxylic acid groups (broad SMARTS) is 1. The molecule has 0 fully saturated rings.